The van der Waals surface area contributed by atoms with Gasteiger partial charge >= 0.3 is 0 Å². The number of nitrogens with one attached hydrogen (secondary N) is 1. The van der Waals surface area contributed by atoms with E-state index in [4.69, 9.17) is 0 Å². The topological polar surface area (TPSA) is 46.2 Å². The minimum atomic E-state index is -0.204. The molecule has 0 saturated carbocycles. The number of hydrogen-bond acceptors (Lipinski definition) is 2. The van der Waals surface area contributed by atoms with Crippen LogP contribution in [-0.2, 0) is 9.59 Å². The highest BCUT2D eigenvalue weighted by Crippen LogP contribution is 2.34. The van der Waals surface area contributed by atoms with Gasteiger partial charge in [-0.3, -0.25) is 14.9 Å². The largest absolute Gasteiger partial charge is 0.296 e. The van der Waals surface area contributed by atoms with Gasteiger partial charge in [0.2, 0.25) is 11.8 Å². The molecule has 0 radical (unpaired) electrons. The molecule has 2 aliphatic rings. The van der Waals surface area contributed by atoms with Gasteiger partial charge in [-0.05, 0) is 23.8 Å². The fourth-order valence-corrected chi connectivity index (χ4v) is 2.73. The Morgan fingerprint density at radius 3 is 2.62 bits per heavy atom. The number of piperidine rings is 1. The van der Waals surface area contributed by atoms with Gasteiger partial charge in [0, 0.05) is 11.8 Å². The molecule has 2 amide bonds. The molecule has 0 aromatic carbocycles. The van der Waals surface area contributed by atoms with E-state index in [0.29, 0.717) is 18.8 Å². The molecule has 0 spiro atoms. The van der Waals surface area contributed by atoms with Gasteiger partial charge in [-0.25, -0.2) is 0 Å². The molecule has 0 aromatic heterocycles. The Hall–Kier alpha value is -1.64. The Kier molecular flexibility index (Phi) is 4.50. The van der Waals surface area contributed by atoms with Crippen molar-refractivity contribution in [1.82, 2.24) is 5.32 Å². The number of carbonyl (C=O) groups excluding carboxylic acids is 2. The van der Waals surface area contributed by atoms with Gasteiger partial charge in [-0.1, -0.05) is 58.1 Å². The summed E-state index contributed by atoms with van der Waals surface area (Å²) in [5.74, 6) is 0.243. The van der Waals surface area contributed by atoms with Crippen molar-refractivity contribution >= 4 is 11.8 Å². The molecule has 3 unspecified atom stereocenters. The molecular formula is C18H25NO2. The normalized spacial score (nSPS) is 36.5. The summed E-state index contributed by atoms with van der Waals surface area (Å²) in [6.07, 6.45) is 11.9. The van der Waals surface area contributed by atoms with Crippen LogP contribution in [0.1, 0.15) is 40.5 Å². The zero-order valence-electron chi connectivity index (χ0n) is 13.3. The van der Waals surface area contributed by atoms with Gasteiger partial charge < -0.3 is 0 Å². The SMILES string of the molecule is CC1C=C(C2CCC(=O)NC2=O)/C=C\C(C)(C(C)C)/C=C\1. The minimum Gasteiger partial charge on any atom is -0.296 e. The molecular weight excluding hydrogens is 262 g/mol. The second kappa shape index (κ2) is 6.00. The standard InChI is InChI=1S/C18H25NO2/c1-12(2)18(4)9-7-13(3)11-14(8-10-18)15-5-6-16(20)19-17(15)21/h7-13,15H,5-6H2,1-4H3,(H,19,20,21)/b9-7-,10-8-,14-11?. The van der Waals surface area contributed by atoms with E-state index in [2.05, 4.69) is 63.4 Å². The molecule has 1 heterocycles. The average molecular weight is 287 g/mol. The first-order valence-corrected chi connectivity index (χ1v) is 7.76. The molecule has 114 valence electrons. The van der Waals surface area contributed by atoms with Gasteiger partial charge in [0.25, 0.3) is 0 Å². The molecule has 3 atom stereocenters. The van der Waals surface area contributed by atoms with Crippen LogP contribution in [0.5, 0.6) is 0 Å². The average Bonchev–Trinajstić information content (AvgIpc) is 2.40. The summed E-state index contributed by atoms with van der Waals surface area (Å²) in [5.41, 5.74) is 1.03. The lowest BCUT2D eigenvalue weighted by Gasteiger charge is -2.30. The number of rotatable bonds is 2. The van der Waals surface area contributed by atoms with Gasteiger partial charge in [-0.2, -0.15) is 0 Å². The van der Waals surface area contributed by atoms with Crippen molar-refractivity contribution in [2.24, 2.45) is 23.2 Å². The van der Waals surface area contributed by atoms with Crippen LogP contribution >= 0.6 is 0 Å². The molecule has 0 bridgehead atoms. The Labute approximate surface area is 127 Å². The Morgan fingerprint density at radius 2 is 2.00 bits per heavy atom. The first-order valence-electron chi connectivity index (χ1n) is 7.76. The van der Waals surface area contributed by atoms with Crippen LogP contribution in [0.2, 0.25) is 0 Å². The van der Waals surface area contributed by atoms with Crippen molar-refractivity contribution in [1.29, 1.82) is 0 Å². The van der Waals surface area contributed by atoms with Gasteiger partial charge in [0.05, 0.1) is 5.92 Å². The van der Waals surface area contributed by atoms with Crippen molar-refractivity contribution in [2.75, 3.05) is 0 Å². The zero-order chi connectivity index (χ0) is 15.6. The van der Waals surface area contributed by atoms with E-state index in [1.54, 1.807) is 0 Å². The van der Waals surface area contributed by atoms with Crippen LogP contribution in [0, 0.1) is 23.2 Å². The first-order chi connectivity index (χ1) is 9.82. The van der Waals surface area contributed by atoms with Crippen molar-refractivity contribution in [3.63, 3.8) is 0 Å². The van der Waals surface area contributed by atoms with Crippen LogP contribution < -0.4 is 5.32 Å². The summed E-state index contributed by atoms with van der Waals surface area (Å²) >= 11 is 0. The Bertz CT molecular complexity index is 527. The smallest absolute Gasteiger partial charge is 0.234 e. The molecule has 3 heteroatoms. The van der Waals surface area contributed by atoms with E-state index in [0.717, 1.165) is 5.57 Å². The summed E-state index contributed by atoms with van der Waals surface area (Å²) in [7, 11) is 0. The van der Waals surface area contributed by atoms with Crippen LogP contribution in [-0.4, -0.2) is 11.8 Å². The summed E-state index contributed by atoms with van der Waals surface area (Å²) < 4.78 is 0. The number of amides is 2. The fourth-order valence-electron chi connectivity index (χ4n) is 2.73. The second-order valence-electron chi connectivity index (χ2n) is 6.74. The highest BCUT2D eigenvalue weighted by atomic mass is 16.2. The van der Waals surface area contributed by atoms with Crippen LogP contribution in [0.4, 0.5) is 0 Å². The Morgan fingerprint density at radius 1 is 1.29 bits per heavy atom. The minimum absolute atomic E-state index is 0.00523. The molecule has 1 saturated heterocycles. The van der Waals surface area contributed by atoms with Gasteiger partial charge in [-0.15, -0.1) is 0 Å². The highest BCUT2D eigenvalue weighted by molar-refractivity contribution is 6.00. The number of allylic oxidation sites excluding steroid dienone is 5. The molecule has 0 aromatic rings. The number of imide groups is 1. The zero-order valence-corrected chi connectivity index (χ0v) is 13.3. The fraction of sp³-hybridized carbons (Fsp3) is 0.556. The van der Waals surface area contributed by atoms with E-state index >= 15 is 0 Å². The van der Waals surface area contributed by atoms with Crippen molar-refractivity contribution in [3.8, 4) is 0 Å². The lowest BCUT2D eigenvalue weighted by molar-refractivity contribution is -0.135. The van der Waals surface area contributed by atoms with E-state index in [1.807, 2.05) is 0 Å². The number of hydrogen-bond donors (Lipinski definition) is 1. The lowest BCUT2D eigenvalue weighted by Crippen LogP contribution is -2.41. The van der Waals surface area contributed by atoms with E-state index in [1.165, 1.54) is 0 Å². The molecule has 3 nitrogen and oxygen atoms in total. The summed E-state index contributed by atoms with van der Waals surface area (Å²) in [6.45, 7) is 8.75. The first kappa shape index (κ1) is 15.7. The van der Waals surface area contributed by atoms with Crippen molar-refractivity contribution < 1.29 is 9.59 Å². The monoisotopic (exact) mass is 287 g/mol. The van der Waals surface area contributed by atoms with Crippen LogP contribution in [0.25, 0.3) is 0 Å². The van der Waals surface area contributed by atoms with E-state index < -0.39 is 0 Å². The lowest BCUT2D eigenvalue weighted by atomic mass is 9.75. The summed E-state index contributed by atoms with van der Waals surface area (Å²) in [6, 6.07) is 0. The third kappa shape index (κ3) is 3.52. The molecule has 1 aliphatic carbocycles. The van der Waals surface area contributed by atoms with Crippen molar-refractivity contribution in [3.05, 3.63) is 36.0 Å². The van der Waals surface area contributed by atoms with Gasteiger partial charge in [0.1, 0.15) is 0 Å². The third-order valence-corrected chi connectivity index (χ3v) is 4.73. The highest BCUT2D eigenvalue weighted by Gasteiger charge is 2.30. The maximum absolute atomic E-state index is 12.1. The van der Waals surface area contributed by atoms with E-state index in [9.17, 15) is 9.59 Å². The second-order valence-corrected chi connectivity index (χ2v) is 6.74. The van der Waals surface area contributed by atoms with Crippen molar-refractivity contribution in [2.45, 2.75) is 40.5 Å². The molecule has 2 rings (SSSR count). The molecule has 1 fully saturated rings. The maximum atomic E-state index is 12.1. The number of carbonyl (C=O) groups is 2. The predicted octanol–water partition coefficient (Wildman–Crippen LogP) is 3.39. The van der Waals surface area contributed by atoms with Crippen LogP contribution in [0.15, 0.2) is 36.0 Å². The third-order valence-electron chi connectivity index (χ3n) is 4.73. The summed E-state index contributed by atoms with van der Waals surface area (Å²) in [5, 5.41) is 2.45. The van der Waals surface area contributed by atoms with E-state index in [-0.39, 0.29) is 29.1 Å². The molecule has 21 heavy (non-hydrogen) atoms. The predicted molar refractivity (Wildman–Crippen MR) is 84.3 cm³/mol. The maximum Gasteiger partial charge on any atom is 0.234 e. The molecule has 1 aliphatic heterocycles. The van der Waals surface area contributed by atoms with Gasteiger partial charge in [0.15, 0.2) is 0 Å². The van der Waals surface area contributed by atoms with Crippen LogP contribution in [0.3, 0.4) is 0 Å². The summed E-state index contributed by atoms with van der Waals surface area (Å²) in [4.78, 5) is 23.4. The quantitative estimate of drug-likeness (QED) is 0.625. The molecule has 1 N–H and O–H groups in total. The Balaban J connectivity index is 2.31.